The van der Waals surface area contributed by atoms with Crippen molar-refractivity contribution in [2.45, 2.75) is 6.92 Å². The van der Waals surface area contributed by atoms with Gasteiger partial charge in [-0.05, 0) is 61.5 Å². The molecule has 30 heavy (non-hydrogen) atoms. The average molecular weight is 415 g/mol. The third-order valence-corrected chi connectivity index (χ3v) is 5.16. The van der Waals surface area contributed by atoms with E-state index < -0.39 is 0 Å². The van der Waals surface area contributed by atoms with Crippen molar-refractivity contribution in [1.29, 1.82) is 0 Å². The summed E-state index contributed by atoms with van der Waals surface area (Å²) in [5.74, 6) is 0.361. The highest BCUT2D eigenvalue weighted by Crippen LogP contribution is 2.30. The molecular weight excluding hydrogens is 399 g/mol. The zero-order valence-corrected chi connectivity index (χ0v) is 16.8. The van der Waals surface area contributed by atoms with Gasteiger partial charge in [-0.2, -0.15) is 5.10 Å². The second-order valence-corrected chi connectivity index (χ2v) is 7.40. The van der Waals surface area contributed by atoms with E-state index in [4.69, 9.17) is 26.7 Å². The predicted octanol–water partition coefficient (Wildman–Crippen LogP) is 6.25. The van der Waals surface area contributed by atoms with Crippen LogP contribution in [0.4, 0.5) is 4.39 Å². The topological polar surface area (TPSA) is 43.6 Å². The Hall–Kier alpha value is -3.57. The Morgan fingerprint density at radius 2 is 1.43 bits per heavy atom. The van der Waals surface area contributed by atoms with Crippen molar-refractivity contribution in [3.8, 4) is 28.3 Å². The standard InChI is InChI=1S/C24H16ClFN4/c1-15-24(28-21-5-3-2-4-20(21)27-15)30-23(17-6-10-18(25)11-7-17)14-22(29-30)16-8-12-19(26)13-9-16/h2-14H,1H3. The fourth-order valence-electron chi connectivity index (χ4n) is 3.41. The monoisotopic (exact) mass is 414 g/mol. The van der Waals surface area contributed by atoms with Crippen molar-refractivity contribution in [3.63, 3.8) is 0 Å². The van der Waals surface area contributed by atoms with E-state index in [1.54, 1.807) is 16.8 Å². The number of hydrogen-bond donors (Lipinski definition) is 0. The van der Waals surface area contributed by atoms with Crippen LogP contribution in [0.25, 0.3) is 39.4 Å². The molecule has 0 unspecified atom stereocenters. The van der Waals surface area contributed by atoms with Crippen LogP contribution in [-0.4, -0.2) is 19.7 Å². The first-order valence-electron chi connectivity index (χ1n) is 9.44. The SMILES string of the molecule is Cc1nc2ccccc2nc1-n1nc(-c2ccc(F)cc2)cc1-c1ccc(Cl)cc1. The maximum atomic E-state index is 13.4. The summed E-state index contributed by atoms with van der Waals surface area (Å²) in [6.07, 6.45) is 0. The summed E-state index contributed by atoms with van der Waals surface area (Å²) in [6, 6.07) is 23.5. The molecule has 0 aliphatic heterocycles. The first kappa shape index (κ1) is 18.5. The van der Waals surface area contributed by atoms with Gasteiger partial charge in [-0.25, -0.2) is 19.0 Å². The summed E-state index contributed by atoms with van der Waals surface area (Å²) in [7, 11) is 0. The molecule has 0 amide bonds. The highest BCUT2D eigenvalue weighted by Gasteiger charge is 2.17. The lowest BCUT2D eigenvalue weighted by Gasteiger charge is -2.10. The Morgan fingerprint density at radius 1 is 0.800 bits per heavy atom. The van der Waals surface area contributed by atoms with Crippen LogP contribution < -0.4 is 0 Å². The van der Waals surface area contributed by atoms with Crippen molar-refractivity contribution < 1.29 is 4.39 Å². The van der Waals surface area contributed by atoms with Crippen molar-refractivity contribution in [2.24, 2.45) is 0 Å². The van der Waals surface area contributed by atoms with Gasteiger partial charge in [0.1, 0.15) is 5.82 Å². The zero-order chi connectivity index (χ0) is 20.7. The second kappa shape index (κ2) is 7.35. The van der Waals surface area contributed by atoms with Gasteiger partial charge in [-0.15, -0.1) is 0 Å². The van der Waals surface area contributed by atoms with Crippen LogP contribution in [0.5, 0.6) is 0 Å². The minimum atomic E-state index is -0.285. The van der Waals surface area contributed by atoms with Crippen LogP contribution in [0.2, 0.25) is 5.02 Å². The number of fused-ring (bicyclic) bond motifs is 1. The maximum absolute atomic E-state index is 13.4. The van der Waals surface area contributed by atoms with Gasteiger partial charge in [-0.3, -0.25) is 0 Å². The van der Waals surface area contributed by atoms with Gasteiger partial charge in [0.25, 0.3) is 0 Å². The summed E-state index contributed by atoms with van der Waals surface area (Å²) in [5, 5.41) is 5.46. The number of nitrogens with zero attached hydrogens (tertiary/aromatic N) is 4. The van der Waals surface area contributed by atoms with Gasteiger partial charge in [0, 0.05) is 16.1 Å². The molecule has 4 nitrogen and oxygen atoms in total. The molecule has 0 saturated carbocycles. The molecule has 3 aromatic carbocycles. The normalized spacial score (nSPS) is 11.2. The molecule has 6 heteroatoms. The van der Waals surface area contributed by atoms with Crippen LogP contribution in [0.3, 0.4) is 0 Å². The number of hydrogen-bond acceptors (Lipinski definition) is 3. The van der Waals surface area contributed by atoms with Gasteiger partial charge in [0.05, 0.1) is 28.1 Å². The third kappa shape index (κ3) is 3.33. The Kier molecular flexibility index (Phi) is 4.52. The third-order valence-electron chi connectivity index (χ3n) is 4.91. The van der Waals surface area contributed by atoms with Crippen molar-refractivity contribution in [3.05, 3.63) is 95.4 Å². The number of rotatable bonds is 3. The molecule has 0 aliphatic rings. The van der Waals surface area contributed by atoms with Crippen LogP contribution in [-0.2, 0) is 0 Å². The maximum Gasteiger partial charge on any atom is 0.176 e. The average Bonchev–Trinajstić information content (AvgIpc) is 3.19. The number of benzene rings is 3. The molecule has 0 bridgehead atoms. The Balaban J connectivity index is 1.74. The summed E-state index contributed by atoms with van der Waals surface area (Å²) < 4.78 is 15.2. The van der Waals surface area contributed by atoms with Crippen molar-refractivity contribution in [1.82, 2.24) is 19.7 Å². The number of aryl methyl sites for hydroxylation is 1. The largest absolute Gasteiger partial charge is 0.248 e. The molecule has 0 spiro atoms. The molecule has 146 valence electrons. The van der Waals surface area contributed by atoms with Gasteiger partial charge in [0.15, 0.2) is 5.82 Å². The van der Waals surface area contributed by atoms with Crippen molar-refractivity contribution in [2.75, 3.05) is 0 Å². The van der Waals surface area contributed by atoms with Crippen LogP contribution >= 0.6 is 11.6 Å². The number of halogens is 2. The molecule has 0 radical (unpaired) electrons. The van der Waals surface area contributed by atoms with Crippen LogP contribution in [0, 0.1) is 12.7 Å². The highest BCUT2D eigenvalue weighted by atomic mass is 35.5. The quantitative estimate of drug-likeness (QED) is 0.350. The molecule has 2 aromatic heterocycles. The molecule has 0 aliphatic carbocycles. The summed E-state index contributed by atoms with van der Waals surface area (Å²) >= 11 is 6.08. The molecular formula is C24H16ClFN4. The predicted molar refractivity (Wildman–Crippen MR) is 117 cm³/mol. The molecule has 5 rings (SSSR count). The lowest BCUT2D eigenvalue weighted by molar-refractivity contribution is 0.628. The lowest BCUT2D eigenvalue weighted by atomic mass is 10.1. The fourth-order valence-corrected chi connectivity index (χ4v) is 3.54. The highest BCUT2D eigenvalue weighted by molar-refractivity contribution is 6.30. The van der Waals surface area contributed by atoms with Crippen LogP contribution in [0.1, 0.15) is 5.69 Å². The first-order valence-corrected chi connectivity index (χ1v) is 9.82. The second-order valence-electron chi connectivity index (χ2n) is 6.96. The van der Waals surface area contributed by atoms with E-state index in [9.17, 15) is 4.39 Å². The molecule has 0 saturated heterocycles. The lowest BCUT2D eigenvalue weighted by Crippen LogP contribution is -2.06. The number of aromatic nitrogens is 4. The van der Waals surface area contributed by atoms with E-state index in [0.29, 0.717) is 16.5 Å². The minimum Gasteiger partial charge on any atom is -0.248 e. The number of para-hydroxylation sites is 2. The zero-order valence-electron chi connectivity index (χ0n) is 16.1. The van der Waals surface area contributed by atoms with Gasteiger partial charge >= 0.3 is 0 Å². The van der Waals surface area contributed by atoms with E-state index in [0.717, 1.165) is 33.5 Å². The fraction of sp³-hybridized carbons (Fsp3) is 0.0417. The van der Waals surface area contributed by atoms with E-state index in [1.807, 2.05) is 61.5 Å². The minimum absolute atomic E-state index is 0.285. The molecule has 5 aromatic rings. The summed E-state index contributed by atoms with van der Waals surface area (Å²) in [5.41, 5.74) is 5.70. The Labute approximate surface area is 177 Å². The van der Waals surface area contributed by atoms with E-state index >= 15 is 0 Å². The van der Waals surface area contributed by atoms with E-state index in [2.05, 4.69) is 0 Å². The first-order chi connectivity index (χ1) is 14.6. The summed E-state index contributed by atoms with van der Waals surface area (Å²) in [4.78, 5) is 9.52. The Morgan fingerprint density at radius 3 is 2.13 bits per heavy atom. The molecule has 0 N–H and O–H groups in total. The smallest absolute Gasteiger partial charge is 0.176 e. The van der Waals surface area contributed by atoms with E-state index in [-0.39, 0.29) is 5.82 Å². The van der Waals surface area contributed by atoms with Gasteiger partial charge < -0.3 is 0 Å². The summed E-state index contributed by atoms with van der Waals surface area (Å²) in [6.45, 7) is 1.92. The molecule has 0 atom stereocenters. The Bertz CT molecular complexity index is 1360. The van der Waals surface area contributed by atoms with E-state index in [1.165, 1.54) is 12.1 Å². The molecule has 0 fully saturated rings. The van der Waals surface area contributed by atoms with Crippen molar-refractivity contribution >= 4 is 22.6 Å². The molecule has 2 heterocycles. The van der Waals surface area contributed by atoms with Gasteiger partial charge in [0.2, 0.25) is 0 Å². The van der Waals surface area contributed by atoms with Gasteiger partial charge in [-0.1, -0.05) is 35.9 Å². The van der Waals surface area contributed by atoms with Crippen LogP contribution in [0.15, 0.2) is 78.9 Å².